The lowest BCUT2D eigenvalue weighted by molar-refractivity contribution is 0.0794. The number of ether oxygens (including phenoxy) is 1. The summed E-state index contributed by atoms with van der Waals surface area (Å²) in [5, 5.41) is 6.84. The van der Waals surface area contributed by atoms with Crippen LogP contribution < -0.4 is 10.6 Å². The van der Waals surface area contributed by atoms with Gasteiger partial charge >= 0.3 is 0 Å². The molecule has 0 aromatic rings. The van der Waals surface area contributed by atoms with Crippen LogP contribution in [-0.2, 0) is 4.74 Å². The highest BCUT2D eigenvalue weighted by atomic mass is 127. The third kappa shape index (κ3) is 7.41. The highest BCUT2D eigenvalue weighted by molar-refractivity contribution is 14.0. The fourth-order valence-corrected chi connectivity index (χ4v) is 2.86. The summed E-state index contributed by atoms with van der Waals surface area (Å²) in [5.74, 6) is 1.53. The summed E-state index contributed by atoms with van der Waals surface area (Å²) in [6, 6.07) is 0.424. The quantitative estimate of drug-likeness (QED) is 0.387. The fourth-order valence-electron chi connectivity index (χ4n) is 2.10. The predicted molar refractivity (Wildman–Crippen MR) is 105 cm³/mol. The molecule has 1 aliphatic heterocycles. The molecule has 21 heavy (non-hydrogen) atoms. The Morgan fingerprint density at radius 3 is 2.38 bits per heavy atom. The van der Waals surface area contributed by atoms with E-state index in [0.717, 1.165) is 45.1 Å². The Morgan fingerprint density at radius 2 is 1.90 bits per heavy atom. The molecule has 1 aliphatic rings. The Balaban J connectivity index is 0.00000400. The van der Waals surface area contributed by atoms with Crippen LogP contribution in [0.4, 0.5) is 0 Å². The summed E-state index contributed by atoms with van der Waals surface area (Å²) in [6.07, 6.45) is 4.38. The second-order valence-electron chi connectivity index (χ2n) is 5.87. The minimum atomic E-state index is 0. The summed E-state index contributed by atoms with van der Waals surface area (Å²) in [6.45, 7) is 12.2. The van der Waals surface area contributed by atoms with Crippen molar-refractivity contribution in [3.8, 4) is 0 Å². The van der Waals surface area contributed by atoms with E-state index in [-0.39, 0.29) is 28.7 Å². The molecule has 0 amide bonds. The minimum Gasteiger partial charge on any atom is -0.381 e. The van der Waals surface area contributed by atoms with Gasteiger partial charge in [0.05, 0.1) is 6.54 Å². The second kappa shape index (κ2) is 10.9. The van der Waals surface area contributed by atoms with Crippen LogP contribution in [0, 0.1) is 5.92 Å². The van der Waals surface area contributed by atoms with Gasteiger partial charge in [-0.3, -0.25) is 4.99 Å². The number of nitrogens with one attached hydrogen (secondary N) is 2. The van der Waals surface area contributed by atoms with Crippen LogP contribution in [0.1, 0.15) is 40.5 Å². The van der Waals surface area contributed by atoms with Gasteiger partial charge in [-0.1, -0.05) is 13.8 Å². The zero-order chi connectivity index (χ0) is 15.0. The van der Waals surface area contributed by atoms with E-state index in [2.05, 4.69) is 44.6 Å². The largest absolute Gasteiger partial charge is 0.381 e. The first kappa shape index (κ1) is 21.3. The normalized spacial score (nSPS) is 19.8. The van der Waals surface area contributed by atoms with E-state index >= 15 is 0 Å². The second-order valence-corrected chi connectivity index (χ2v) is 7.15. The SMILES string of the molecule is CCNC(=NCC1(SC)CCOCC1)NC(C)C(C)C.I. The maximum atomic E-state index is 5.48. The number of hydrogen-bond acceptors (Lipinski definition) is 3. The zero-order valence-corrected chi connectivity index (χ0v) is 17.2. The molecule has 1 rings (SSSR count). The molecule has 2 N–H and O–H groups in total. The summed E-state index contributed by atoms with van der Waals surface area (Å²) in [5.41, 5.74) is 0. The molecule has 0 aliphatic carbocycles. The third-order valence-corrected chi connectivity index (χ3v) is 5.47. The Labute approximate surface area is 151 Å². The number of nitrogens with zero attached hydrogens (tertiary/aromatic N) is 1. The van der Waals surface area contributed by atoms with Crippen LogP contribution in [-0.4, -0.2) is 49.3 Å². The Hall–Kier alpha value is 0.310. The van der Waals surface area contributed by atoms with Crippen molar-refractivity contribution in [1.29, 1.82) is 0 Å². The highest BCUT2D eigenvalue weighted by Gasteiger charge is 2.31. The van der Waals surface area contributed by atoms with E-state index in [9.17, 15) is 0 Å². The van der Waals surface area contributed by atoms with E-state index in [1.165, 1.54) is 0 Å². The molecule has 1 unspecified atom stereocenters. The molecule has 1 fully saturated rings. The summed E-state index contributed by atoms with van der Waals surface area (Å²) in [4.78, 5) is 4.82. The Kier molecular flexibility index (Phi) is 11.1. The monoisotopic (exact) mass is 429 g/mol. The van der Waals surface area contributed by atoms with Crippen molar-refractivity contribution in [2.24, 2.45) is 10.9 Å². The van der Waals surface area contributed by atoms with Crippen LogP contribution in [0.25, 0.3) is 0 Å². The molecule has 0 radical (unpaired) electrons. The van der Waals surface area contributed by atoms with Crippen LogP contribution in [0.15, 0.2) is 4.99 Å². The standard InChI is InChI=1S/C15H31N3OS.HI/c1-6-16-14(18-13(4)12(2)3)17-11-15(20-5)7-9-19-10-8-15;/h12-13H,6-11H2,1-5H3,(H2,16,17,18);1H. The number of rotatable bonds is 6. The number of guanidine groups is 1. The summed E-state index contributed by atoms with van der Waals surface area (Å²) >= 11 is 1.94. The Bertz CT molecular complexity index is 307. The highest BCUT2D eigenvalue weighted by Crippen LogP contribution is 2.33. The number of thioether (sulfide) groups is 1. The summed E-state index contributed by atoms with van der Waals surface area (Å²) in [7, 11) is 0. The van der Waals surface area contributed by atoms with Crippen molar-refractivity contribution in [2.75, 3.05) is 32.6 Å². The van der Waals surface area contributed by atoms with E-state index in [1.54, 1.807) is 0 Å². The van der Waals surface area contributed by atoms with Crippen molar-refractivity contribution in [1.82, 2.24) is 10.6 Å². The number of hydrogen-bond donors (Lipinski definition) is 2. The molecule has 0 spiro atoms. The first-order valence-corrected chi connectivity index (χ1v) is 8.93. The fraction of sp³-hybridized carbons (Fsp3) is 0.933. The van der Waals surface area contributed by atoms with E-state index in [0.29, 0.717) is 12.0 Å². The molecular weight excluding hydrogens is 397 g/mol. The molecule has 126 valence electrons. The van der Waals surface area contributed by atoms with Crippen molar-refractivity contribution in [2.45, 2.75) is 51.3 Å². The van der Waals surface area contributed by atoms with Crippen LogP contribution in [0.5, 0.6) is 0 Å². The molecule has 0 saturated carbocycles. The average Bonchev–Trinajstić information content (AvgIpc) is 2.46. The van der Waals surface area contributed by atoms with Crippen molar-refractivity contribution >= 4 is 41.7 Å². The van der Waals surface area contributed by atoms with Gasteiger partial charge in [0.25, 0.3) is 0 Å². The van der Waals surface area contributed by atoms with Gasteiger partial charge in [0.15, 0.2) is 5.96 Å². The molecule has 0 aromatic carbocycles. The van der Waals surface area contributed by atoms with Gasteiger partial charge in [-0.05, 0) is 38.9 Å². The Morgan fingerprint density at radius 1 is 1.29 bits per heavy atom. The summed E-state index contributed by atoms with van der Waals surface area (Å²) < 4.78 is 5.74. The maximum absolute atomic E-state index is 5.48. The molecular formula is C15H32IN3OS. The smallest absolute Gasteiger partial charge is 0.191 e. The van der Waals surface area contributed by atoms with E-state index in [4.69, 9.17) is 9.73 Å². The lowest BCUT2D eigenvalue weighted by Gasteiger charge is -2.34. The molecule has 0 bridgehead atoms. The first-order chi connectivity index (χ1) is 9.53. The van der Waals surface area contributed by atoms with Gasteiger partial charge < -0.3 is 15.4 Å². The zero-order valence-electron chi connectivity index (χ0n) is 14.1. The molecule has 6 heteroatoms. The van der Waals surface area contributed by atoms with Crippen LogP contribution in [0.3, 0.4) is 0 Å². The van der Waals surface area contributed by atoms with Gasteiger partial charge in [0.1, 0.15) is 0 Å². The predicted octanol–water partition coefficient (Wildman–Crippen LogP) is 3.12. The third-order valence-electron chi connectivity index (χ3n) is 4.07. The maximum Gasteiger partial charge on any atom is 0.191 e. The van der Waals surface area contributed by atoms with E-state index < -0.39 is 0 Å². The lowest BCUT2D eigenvalue weighted by atomic mass is 9.99. The minimum absolute atomic E-state index is 0. The van der Waals surface area contributed by atoms with Crippen molar-refractivity contribution < 1.29 is 4.74 Å². The average molecular weight is 429 g/mol. The van der Waals surface area contributed by atoms with Crippen molar-refractivity contribution in [3.05, 3.63) is 0 Å². The van der Waals surface area contributed by atoms with Gasteiger partial charge in [0, 0.05) is 30.5 Å². The van der Waals surface area contributed by atoms with Crippen LogP contribution in [0.2, 0.25) is 0 Å². The molecule has 1 atom stereocenters. The first-order valence-electron chi connectivity index (χ1n) is 7.70. The van der Waals surface area contributed by atoms with Gasteiger partial charge in [-0.2, -0.15) is 11.8 Å². The molecule has 1 saturated heterocycles. The lowest BCUT2D eigenvalue weighted by Crippen LogP contribution is -2.45. The van der Waals surface area contributed by atoms with Gasteiger partial charge in [-0.25, -0.2) is 0 Å². The van der Waals surface area contributed by atoms with Gasteiger partial charge in [0.2, 0.25) is 0 Å². The van der Waals surface area contributed by atoms with Gasteiger partial charge in [-0.15, -0.1) is 24.0 Å². The molecule has 1 heterocycles. The topological polar surface area (TPSA) is 45.7 Å². The van der Waals surface area contributed by atoms with E-state index in [1.807, 2.05) is 11.8 Å². The molecule has 0 aromatic heterocycles. The van der Waals surface area contributed by atoms with Crippen LogP contribution >= 0.6 is 35.7 Å². The van der Waals surface area contributed by atoms with Crippen molar-refractivity contribution in [3.63, 3.8) is 0 Å². The number of aliphatic imine (C=N–C) groups is 1. The number of halogens is 1. The molecule has 4 nitrogen and oxygen atoms in total.